The van der Waals surface area contributed by atoms with E-state index in [-0.39, 0.29) is 0 Å². The molecular formula is C19H22ClN3. The summed E-state index contributed by atoms with van der Waals surface area (Å²) in [5.41, 5.74) is 3.46. The maximum absolute atomic E-state index is 6.25. The molecule has 1 aliphatic rings. The molecule has 3 nitrogen and oxygen atoms in total. The van der Waals surface area contributed by atoms with Gasteiger partial charge in [-0.3, -0.25) is 9.91 Å². The number of halogens is 1. The lowest BCUT2D eigenvalue weighted by Crippen LogP contribution is -2.43. The Kier molecular flexibility index (Phi) is 5.31. The summed E-state index contributed by atoms with van der Waals surface area (Å²) in [6, 6.07) is 18.4. The van der Waals surface area contributed by atoms with Gasteiger partial charge in [-0.15, -0.1) is 0 Å². The van der Waals surface area contributed by atoms with E-state index in [1.54, 1.807) is 0 Å². The predicted octanol–water partition coefficient (Wildman–Crippen LogP) is 3.88. The molecule has 3 rings (SSSR count). The van der Waals surface area contributed by atoms with Crippen LogP contribution in [-0.4, -0.2) is 41.8 Å². The molecule has 2 aromatic rings. The molecule has 1 aliphatic heterocycles. The molecule has 0 aromatic heterocycles. The normalized spacial score (nSPS) is 16.6. The Balaban J connectivity index is 1.55. The molecule has 23 heavy (non-hydrogen) atoms. The van der Waals surface area contributed by atoms with E-state index in [0.29, 0.717) is 0 Å². The highest BCUT2D eigenvalue weighted by molar-refractivity contribution is 6.31. The van der Waals surface area contributed by atoms with Gasteiger partial charge in [0.15, 0.2) is 0 Å². The van der Waals surface area contributed by atoms with Crippen molar-refractivity contribution in [2.24, 2.45) is 5.10 Å². The van der Waals surface area contributed by atoms with E-state index >= 15 is 0 Å². The highest BCUT2D eigenvalue weighted by Crippen LogP contribution is 2.18. The first-order valence-electron chi connectivity index (χ1n) is 8.04. The van der Waals surface area contributed by atoms with Crippen molar-refractivity contribution >= 4 is 17.3 Å². The van der Waals surface area contributed by atoms with Crippen LogP contribution in [0.4, 0.5) is 0 Å². The number of hydrogen-bond donors (Lipinski definition) is 0. The van der Waals surface area contributed by atoms with E-state index in [4.69, 9.17) is 16.7 Å². The number of piperazine rings is 1. The van der Waals surface area contributed by atoms with Crippen molar-refractivity contribution in [1.29, 1.82) is 0 Å². The summed E-state index contributed by atoms with van der Waals surface area (Å²) >= 11 is 6.25. The minimum Gasteiger partial charge on any atom is -0.295 e. The molecule has 1 fully saturated rings. The third-order valence-corrected chi connectivity index (χ3v) is 4.55. The quantitative estimate of drug-likeness (QED) is 0.794. The van der Waals surface area contributed by atoms with Crippen molar-refractivity contribution in [1.82, 2.24) is 9.91 Å². The first-order valence-corrected chi connectivity index (χ1v) is 8.41. The third kappa shape index (κ3) is 4.34. The van der Waals surface area contributed by atoms with Crippen molar-refractivity contribution in [3.8, 4) is 0 Å². The summed E-state index contributed by atoms with van der Waals surface area (Å²) < 4.78 is 0. The van der Waals surface area contributed by atoms with Crippen molar-refractivity contribution in [3.63, 3.8) is 0 Å². The Morgan fingerprint density at radius 3 is 2.30 bits per heavy atom. The molecule has 1 heterocycles. The zero-order valence-electron chi connectivity index (χ0n) is 13.5. The van der Waals surface area contributed by atoms with Gasteiger partial charge in [-0.1, -0.05) is 60.1 Å². The predicted molar refractivity (Wildman–Crippen MR) is 97.0 cm³/mol. The highest BCUT2D eigenvalue weighted by Gasteiger charge is 2.16. The zero-order chi connectivity index (χ0) is 16.1. The standard InChI is InChI=1S/C19H22ClN3/c1-16(17-7-3-2-4-8-17)21-23-13-11-22(12-14-23)15-18-9-5-6-10-19(18)20/h2-10H,11-15H2,1H3/b21-16+. The lowest BCUT2D eigenvalue weighted by atomic mass is 10.1. The summed E-state index contributed by atoms with van der Waals surface area (Å²) in [7, 11) is 0. The fraction of sp³-hybridized carbons (Fsp3) is 0.316. The Morgan fingerprint density at radius 2 is 1.61 bits per heavy atom. The SMILES string of the molecule is C/C(=N\N1CCN(Cc2ccccc2Cl)CC1)c1ccccc1. The third-order valence-electron chi connectivity index (χ3n) is 4.18. The second-order valence-corrected chi connectivity index (χ2v) is 6.28. The minimum atomic E-state index is 0.855. The topological polar surface area (TPSA) is 18.8 Å². The van der Waals surface area contributed by atoms with Crippen molar-refractivity contribution in [3.05, 3.63) is 70.7 Å². The maximum Gasteiger partial charge on any atom is 0.0646 e. The van der Waals surface area contributed by atoms with Gasteiger partial charge in [0.25, 0.3) is 0 Å². The molecule has 0 N–H and O–H groups in total. The van der Waals surface area contributed by atoms with Crippen LogP contribution in [0.1, 0.15) is 18.1 Å². The molecule has 0 unspecified atom stereocenters. The summed E-state index contributed by atoms with van der Waals surface area (Å²) in [4.78, 5) is 2.44. The van der Waals surface area contributed by atoms with Crippen molar-refractivity contribution < 1.29 is 0 Å². The smallest absolute Gasteiger partial charge is 0.0646 e. The number of nitrogens with zero attached hydrogens (tertiary/aromatic N) is 3. The van der Waals surface area contributed by atoms with Crippen LogP contribution < -0.4 is 0 Å². The van der Waals surface area contributed by atoms with Gasteiger partial charge in [0, 0.05) is 37.7 Å². The van der Waals surface area contributed by atoms with Gasteiger partial charge >= 0.3 is 0 Å². The van der Waals surface area contributed by atoms with Gasteiger partial charge in [0.05, 0.1) is 5.71 Å². The largest absolute Gasteiger partial charge is 0.295 e. The minimum absolute atomic E-state index is 0.855. The van der Waals surface area contributed by atoms with Gasteiger partial charge in [0.1, 0.15) is 0 Å². The average molecular weight is 328 g/mol. The van der Waals surface area contributed by atoms with Crippen molar-refractivity contribution in [2.45, 2.75) is 13.5 Å². The van der Waals surface area contributed by atoms with Gasteiger partial charge in [-0.2, -0.15) is 5.10 Å². The molecule has 0 radical (unpaired) electrons. The molecule has 0 aliphatic carbocycles. The van der Waals surface area contributed by atoms with Crippen molar-refractivity contribution in [2.75, 3.05) is 26.2 Å². The van der Waals surface area contributed by atoms with Gasteiger partial charge in [-0.05, 0) is 24.1 Å². The number of benzene rings is 2. The summed E-state index contributed by atoms with van der Waals surface area (Å²) in [5.74, 6) is 0. The van der Waals surface area contributed by atoms with E-state index in [1.165, 1.54) is 11.1 Å². The number of hydrazone groups is 1. The molecule has 0 bridgehead atoms. The number of hydrogen-bond acceptors (Lipinski definition) is 3. The molecule has 4 heteroatoms. The Bertz CT molecular complexity index is 661. The van der Waals surface area contributed by atoms with Crippen LogP contribution in [0.15, 0.2) is 59.7 Å². The molecular weight excluding hydrogens is 306 g/mol. The molecule has 0 saturated carbocycles. The highest BCUT2D eigenvalue weighted by atomic mass is 35.5. The first-order chi connectivity index (χ1) is 11.2. The van der Waals surface area contributed by atoms with Crippen LogP contribution in [0.2, 0.25) is 5.02 Å². The zero-order valence-corrected chi connectivity index (χ0v) is 14.2. The van der Waals surface area contributed by atoms with E-state index in [9.17, 15) is 0 Å². The summed E-state index contributed by atoms with van der Waals surface area (Å²) in [5, 5.41) is 7.79. The second kappa shape index (κ2) is 7.62. The molecule has 0 spiro atoms. The Labute approximate surface area is 143 Å². The lowest BCUT2D eigenvalue weighted by Gasteiger charge is -2.33. The monoisotopic (exact) mass is 327 g/mol. The number of rotatable bonds is 4. The summed E-state index contributed by atoms with van der Waals surface area (Å²) in [6.45, 7) is 6.91. The fourth-order valence-corrected chi connectivity index (χ4v) is 3.01. The molecule has 0 atom stereocenters. The van der Waals surface area contributed by atoms with Crippen LogP contribution in [-0.2, 0) is 6.54 Å². The van der Waals surface area contributed by atoms with Gasteiger partial charge in [0.2, 0.25) is 0 Å². The van der Waals surface area contributed by atoms with E-state index < -0.39 is 0 Å². The molecule has 120 valence electrons. The van der Waals surface area contributed by atoms with Crippen LogP contribution in [0, 0.1) is 0 Å². The van der Waals surface area contributed by atoms with E-state index in [2.05, 4.69) is 47.2 Å². The molecule has 0 amide bonds. The second-order valence-electron chi connectivity index (χ2n) is 5.87. The Hall–Kier alpha value is -1.84. The van der Waals surface area contributed by atoms with Crippen LogP contribution in [0.25, 0.3) is 0 Å². The first kappa shape index (κ1) is 16.0. The van der Waals surface area contributed by atoms with E-state index in [0.717, 1.165) is 43.5 Å². The molecule has 1 saturated heterocycles. The van der Waals surface area contributed by atoms with Crippen LogP contribution >= 0.6 is 11.6 Å². The fourth-order valence-electron chi connectivity index (χ4n) is 2.81. The Morgan fingerprint density at radius 1 is 0.957 bits per heavy atom. The maximum atomic E-state index is 6.25. The van der Waals surface area contributed by atoms with Crippen LogP contribution in [0.5, 0.6) is 0 Å². The average Bonchev–Trinajstić information content (AvgIpc) is 2.59. The van der Waals surface area contributed by atoms with E-state index in [1.807, 2.05) is 24.3 Å². The molecule has 2 aromatic carbocycles. The van der Waals surface area contributed by atoms with Crippen LogP contribution in [0.3, 0.4) is 0 Å². The summed E-state index contributed by atoms with van der Waals surface area (Å²) in [6.07, 6.45) is 0. The lowest BCUT2D eigenvalue weighted by molar-refractivity contribution is 0.130. The van der Waals surface area contributed by atoms with Gasteiger partial charge in [-0.25, -0.2) is 0 Å². The van der Waals surface area contributed by atoms with Gasteiger partial charge < -0.3 is 0 Å².